The number of carbonyl (C=O) groups excluding carboxylic acids is 1. The third-order valence-corrected chi connectivity index (χ3v) is 7.45. The van der Waals surface area contributed by atoms with Crippen molar-refractivity contribution >= 4 is 38.1 Å². The van der Waals surface area contributed by atoms with E-state index in [0.29, 0.717) is 29.3 Å². The van der Waals surface area contributed by atoms with E-state index < -0.39 is 10.0 Å². The SMILES string of the molecule is O=C(Nc1nc(CN2CCOCC2)cs1)c1ccc(N2CCCS2(=O)=O)cc1. The van der Waals surface area contributed by atoms with E-state index in [0.717, 1.165) is 38.5 Å². The molecule has 0 bridgehead atoms. The summed E-state index contributed by atoms with van der Waals surface area (Å²) in [4.78, 5) is 19.2. The third-order valence-electron chi connectivity index (χ3n) is 4.78. The first-order valence-corrected chi connectivity index (χ1v) is 11.7. The first-order chi connectivity index (χ1) is 13.5. The fourth-order valence-corrected chi connectivity index (χ4v) is 5.56. The Kier molecular flexibility index (Phi) is 5.63. The van der Waals surface area contributed by atoms with Gasteiger partial charge in [-0.3, -0.25) is 19.3 Å². The van der Waals surface area contributed by atoms with E-state index in [1.807, 2.05) is 5.38 Å². The minimum atomic E-state index is -3.22. The van der Waals surface area contributed by atoms with E-state index in [4.69, 9.17) is 4.74 Å². The average Bonchev–Trinajstić information content (AvgIpc) is 3.28. The Bertz CT molecular complexity index is 937. The lowest BCUT2D eigenvalue weighted by molar-refractivity contribution is 0.0337. The van der Waals surface area contributed by atoms with Crippen LogP contribution in [-0.4, -0.2) is 62.8 Å². The van der Waals surface area contributed by atoms with Gasteiger partial charge in [0.25, 0.3) is 5.91 Å². The van der Waals surface area contributed by atoms with Crippen LogP contribution in [0.2, 0.25) is 0 Å². The molecule has 3 heterocycles. The Morgan fingerprint density at radius 2 is 1.93 bits per heavy atom. The molecule has 150 valence electrons. The molecule has 0 saturated carbocycles. The Morgan fingerprint density at radius 1 is 1.18 bits per heavy atom. The lowest BCUT2D eigenvalue weighted by Crippen LogP contribution is -2.35. The Hall–Kier alpha value is -2.01. The van der Waals surface area contributed by atoms with Gasteiger partial charge >= 0.3 is 0 Å². The molecular formula is C18H22N4O4S2. The zero-order valence-electron chi connectivity index (χ0n) is 15.3. The number of anilines is 2. The molecule has 1 N–H and O–H groups in total. The summed E-state index contributed by atoms with van der Waals surface area (Å²) in [5.41, 5.74) is 1.98. The number of aromatic nitrogens is 1. The standard InChI is InChI=1S/C18H22N4O4S2/c23-17(14-2-4-16(5-3-14)22-6-1-11-28(22,24)25)20-18-19-15(13-27-18)12-21-7-9-26-10-8-21/h2-5,13H,1,6-12H2,(H,19,20,23). The van der Waals surface area contributed by atoms with Gasteiger partial charge in [-0.05, 0) is 30.7 Å². The molecule has 2 aromatic rings. The predicted molar refractivity (Wildman–Crippen MR) is 108 cm³/mol. The molecule has 8 nitrogen and oxygen atoms in total. The van der Waals surface area contributed by atoms with Crippen LogP contribution in [0.5, 0.6) is 0 Å². The number of amides is 1. The van der Waals surface area contributed by atoms with E-state index in [2.05, 4.69) is 15.2 Å². The van der Waals surface area contributed by atoms with Crippen molar-refractivity contribution in [3.8, 4) is 0 Å². The summed E-state index contributed by atoms with van der Waals surface area (Å²) in [6.07, 6.45) is 0.626. The highest BCUT2D eigenvalue weighted by Crippen LogP contribution is 2.25. The number of sulfonamides is 1. The molecule has 2 saturated heterocycles. The molecule has 2 aliphatic heterocycles. The van der Waals surface area contributed by atoms with E-state index in [9.17, 15) is 13.2 Å². The van der Waals surface area contributed by atoms with Crippen molar-refractivity contribution in [2.75, 3.05) is 48.2 Å². The van der Waals surface area contributed by atoms with Gasteiger partial charge < -0.3 is 4.74 Å². The number of rotatable bonds is 5. The van der Waals surface area contributed by atoms with Gasteiger partial charge in [0.15, 0.2) is 5.13 Å². The minimum Gasteiger partial charge on any atom is -0.379 e. The molecule has 1 aromatic carbocycles. The number of ether oxygens (including phenoxy) is 1. The molecule has 0 radical (unpaired) electrons. The third kappa shape index (κ3) is 4.35. The molecule has 0 unspecified atom stereocenters. The molecule has 2 aliphatic rings. The van der Waals surface area contributed by atoms with Crippen LogP contribution in [0, 0.1) is 0 Å². The van der Waals surface area contributed by atoms with E-state index in [1.54, 1.807) is 24.3 Å². The second-order valence-electron chi connectivity index (χ2n) is 6.78. The van der Waals surface area contributed by atoms with Crippen molar-refractivity contribution in [1.29, 1.82) is 0 Å². The summed E-state index contributed by atoms with van der Waals surface area (Å²) in [5.74, 6) is -0.0883. The summed E-state index contributed by atoms with van der Waals surface area (Å²) in [7, 11) is -3.22. The zero-order valence-corrected chi connectivity index (χ0v) is 17.0. The van der Waals surface area contributed by atoms with Gasteiger partial charge in [-0.1, -0.05) is 0 Å². The van der Waals surface area contributed by atoms with Gasteiger partial charge in [0.1, 0.15) is 0 Å². The molecule has 1 aromatic heterocycles. The molecule has 4 rings (SSSR count). The average molecular weight is 423 g/mol. The van der Waals surface area contributed by atoms with E-state index >= 15 is 0 Å². The van der Waals surface area contributed by atoms with Crippen molar-refractivity contribution in [3.05, 3.63) is 40.9 Å². The van der Waals surface area contributed by atoms with Crippen LogP contribution in [0.25, 0.3) is 0 Å². The Morgan fingerprint density at radius 3 is 2.61 bits per heavy atom. The van der Waals surface area contributed by atoms with Crippen LogP contribution >= 0.6 is 11.3 Å². The lowest BCUT2D eigenvalue weighted by Gasteiger charge is -2.25. The van der Waals surface area contributed by atoms with E-state index in [-0.39, 0.29) is 11.7 Å². The molecule has 2 fully saturated rings. The number of hydrogen-bond donors (Lipinski definition) is 1. The predicted octanol–water partition coefficient (Wildman–Crippen LogP) is 1.77. The van der Waals surface area contributed by atoms with Crippen molar-refractivity contribution in [2.45, 2.75) is 13.0 Å². The first-order valence-electron chi connectivity index (χ1n) is 9.18. The van der Waals surface area contributed by atoms with Crippen LogP contribution in [-0.2, 0) is 21.3 Å². The summed E-state index contributed by atoms with van der Waals surface area (Å²) >= 11 is 1.40. The van der Waals surface area contributed by atoms with Crippen molar-refractivity contribution in [2.24, 2.45) is 0 Å². The number of benzene rings is 1. The van der Waals surface area contributed by atoms with Crippen LogP contribution in [0.3, 0.4) is 0 Å². The number of hydrogen-bond acceptors (Lipinski definition) is 7. The van der Waals surface area contributed by atoms with Gasteiger partial charge in [0.05, 0.1) is 30.3 Å². The fourth-order valence-electron chi connectivity index (χ4n) is 3.30. The maximum atomic E-state index is 12.5. The molecule has 28 heavy (non-hydrogen) atoms. The molecule has 0 aliphatic carbocycles. The normalized spacial score (nSPS) is 19.6. The summed E-state index contributed by atoms with van der Waals surface area (Å²) < 4.78 is 30.7. The second-order valence-corrected chi connectivity index (χ2v) is 9.65. The first kappa shape index (κ1) is 19.3. The molecule has 10 heteroatoms. The summed E-state index contributed by atoms with van der Waals surface area (Å²) in [6.45, 7) is 4.48. The molecule has 1 amide bonds. The van der Waals surface area contributed by atoms with Crippen LogP contribution in [0.15, 0.2) is 29.6 Å². The summed E-state index contributed by atoms with van der Waals surface area (Å²) in [6, 6.07) is 6.62. The van der Waals surface area contributed by atoms with Gasteiger partial charge in [-0.2, -0.15) is 0 Å². The monoisotopic (exact) mass is 422 g/mol. The van der Waals surface area contributed by atoms with Crippen LogP contribution < -0.4 is 9.62 Å². The largest absolute Gasteiger partial charge is 0.379 e. The maximum absolute atomic E-state index is 12.5. The number of morpholine rings is 1. The zero-order chi connectivity index (χ0) is 19.6. The minimum absolute atomic E-state index is 0.173. The highest BCUT2D eigenvalue weighted by molar-refractivity contribution is 7.93. The number of thiazole rings is 1. The number of nitrogens with zero attached hydrogens (tertiary/aromatic N) is 3. The molecule has 0 atom stereocenters. The molecular weight excluding hydrogens is 400 g/mol. The second kappa shape index (κ2) is 8.16. The fraction of sp³-hybridized carbons (Fsp3) is 0.444. The number of nitrogens with one attached hydrogen (secondary N) is 1. The van der Waals surface area contributed by atoms with Crippen LogP contribution in [0.1, 0.15) is 22.5 Å². The highest BCUT2D eigenvalue weighted by atomic mass is 32.2. The molecule has 0 spiro atoms. The smallest absolute Gasteiger partial charge is 0.257 e. The van der Waals surface area contributed by atoms with Gasteiger partial charge in [0.2, 0.25) is 10.0 Å². The quantitative estimate of drug-likeness (QED) is 0.790. The van der Waals surface area contributed by atoms with Gasteiger partial charge in [-0.15, -0.1) is 11.3 Å². The van der Waals surface area contributed by atoms with Gasteiger partial charge in [0, 0.05) is 37.1 Å². The van der Waals surface area contributed by atoms with Crippen molar-refractivity contribution < 1.29 is 17.9 Å². The van der Waals surface area contributed by atoms with Crippen LogP contribution in [0.4, 0.5) is 10.8 Å². The lowest BCUT2D eigenvalue weighted by atomic mass is 10.2. The van der Waals surface area contributed by atoms with E-state index in [1.165, 1.54) is 15.6 Å². The Balaban J connectivity index is 1.37. The maximum Gasteiger partial charge on any atom is 0.257 e. The number of carbonyl (C=O) groups is 1. The Labute approximate surface area is 168 Å². The highest BCUT2D eigenvalue weighted by Gasteiger charge is 2.28. The van der Waals surface area contributed by atoms with Crippen molar-refractivity contribution in [1.82, 2.24) is 9.88 Å². The van der Waals surface area contributed by atoms with Crippen molar-refractivity contribution in [3.63, 3.8) is 0 Å². The van der Waals surface area contributed by atoms with Gasteiger partial charge in [-0.25, -0.2) is 13.4 Å². The summed E-state index contributed by atoms with van der Waals surface area (Å²) in [5, 5.41) is 5.32. The topological polar surface area (TPSA) is 91.8 Å².